The highest BCUT2D eigenvalue weighted by atomic mass is 79.9. The van der Waals surface area contributed by atoms with E-state index >= 15 is 0 Å². The van der Waals surface area contributed by atoms with E-state index in [1.54, 1.807) is 0 Å². The van der Waals surface area contributed by atoms with Crippen LogP contribution in [-0.2, 0) is 11.3 Å². The van der Waals surface area contributed by atoms with Crippen LogP contribution < -0.4 is 10.6 Å². The van der Waals surface area contributed by atoms with Crippen molar-refractivity contribution in [3.8, 4) is 0 Å². The molecule has 7 heteroatoms. The van der Waals surface area contributed by atoms with E-state index in [2.05, 4.69) is 41.2 Å². The molecule has 6 nitrogen and oxygen atoms in total. The van der Waals surface area contributed by atoms with Crippen LogP contribution in [0.25, 0.3) is 0 Å². The summed E-state index contributed by atoms with van der Waals surface area (Å²) in [4.78, 5) is 15.5. The van der Waals surface area contributed by atoms with Crippen LogP contribution in [0.1, 0.15) is 5.82 Å². The summed E-state index contributed by atoms with van der Waals surface area (Å²) < 4.78 is 5.42. The van der Waals surface area contributed by atoms with Gasteiger partial charge in [-0.1, -0.05) is 17.3 Å². The number of carbonyl (C=O) groups is 1. The molecule has 0 bridgehead atoms. The molecule has 1 aromatic heterocycles. The predicted molar refractivity (Wildman–Crippen MR) is 68.8 cm³/mol. The first kappa shape index (κ1) is 12.7. The van der Waals surface area contributed by atoms with Crippen molar-refractivity contribution in [3.05, 3.63) is 41.0 Å². The van der Waals surface area contributed by atoms with Crippen LogP contribution in [0, 0.1) is 0 Å². The fourth-order valence-corrected chi connectivity index (χ4v) is 1.70. The Bertz CT molecular complexity index is 516. The summed E-state index contributed by atoms with van der Waals surface area (Å²) in [5, 5.41) is 9.32. The molecule has 0 unspecified atom stereocenters. The smallest absolute Gasteiger partial charge is 0.238 e. The molecule has 0 spiro atoms. The molecule has 0 saturated heterocycles. The summed E-state index contributed by atoms with van der Waals surface area (Å²) in [5.41, 5.74) is 0.740. The molecule has 94 valence electrons. The van der Waals surface area contributed by atoms with Crippen LogP contribution in [0.3, 0.4) is 0 Å². The fraction of sp³-hybridized carbons (Fsp3) is 0.182. The first-order valence-corrected chi connectivity index (χ1v) is 6.05. The zero-order chi connectivity index (χ0) is 12.8. The lowest BCUT2D eigenvalue weighted by Gasteiger charge is -2.07. The van der Waals surface area contributed by atoms with Crippen LogP contribution in [0.2, 0.25) is 0 Å². The average Bonchev–Trinajstić information content (AvgIpc) is 2.85. The lowest BCUT2D eigenvalue weighted by Crippen LogP contribution is -2.28. The third-order valence-corrected chi connectivity index (χ3v) is 2.82. The van der Waals surface area contributed by atoms with Gasteiger partial charge in [0.2, 0.25) is 12.3 Å². The van der Waals surface area contributed by atoms with Crippen LogP contribution in [0.5, 0.6) is 0 Å². The largest absolute Gasteiger partial charge is 0.343 e. The van der Waals surface area contributed by atoms with Gasteiger partial charge in [0.05, 0.1) is 18.8 Å². The molecule has 0 aliphatic heterocycles. The van der Waals surface area contributed by atoms with Crippen LogP contribution in [0.15, 0.2) is 39.7 Å². The van der Waals surface area contributed by atoms with Crippen LogP contribution in [0.4, 0.5) is 5.69 Å². The molecule has 1 heterocycles. The third kappa shape index (κ3) is 3.64. The van der Waals surface area contributed by atoms with E-state index in [0.717, 1.165) is 10.2 Å². The molecule has 0 atom stereocenters. The van der Waals surface area contributed by atoms with Crippen LogP contribution >= 0.6 is 15.9 Å². The number of amides is 1. The first-order chi connectivity index (χ1) is 8.75. The zero-order valence-corrected chi connectivity index (χ0v) is 11.0. The highest BCUT2D eigenvalue weighted by Gasteiger charge is 2.05. The molecule has 18 heavy (non-hydrogen) atoms. The Morgan fingerprint density at radius 3 is 2.94 bits per heavy atom. The first-order valence-electron chi connectivity index (χ1n) is 5.26. The van der Waals surface area contributed by atoms with Gasteiger partial charge in [-0.3, -0.25) is 4.79 Å². The number of aromatic nitrogens is 2. The van der Waals surface area contributed by atoms with Crippen molar-refractivity contribution in [1.82, 2.24) is 15.5 Å². The van der Waals surface area contributed by atoms with E-state index in [0.29, 0.717) is 12.4 Å². The van der Waals surface area contributed by atoms with Crippen molar-refractivity contribution in [2.75, 3.05) is 11.9 Å². The standard InChI is InChI=1S/C11H11BrN4O2/c12-8-3-1-2-4-9(8)15-11(17)6-13-5-10-14-7-18-16-10/h1-4,7,13H,5-6H2,(H,15,17). The second-order valence-electron chi connectivity index (χ2n) is 3.48. The minimum absolute atomic E-state index is 0.134. The summed E-state index contributed by atoms with van der Waals surface area (Å²) in [5.74, 6) is 0.383. The van der Waals surface area contributed by atoms with Gasteiger partial charge in [0.15, 0.2) is 5.82 Å². The van der Waals surface area contributed by atoms with Crippen molar-refractivity contribution < 1.29 is 9.32 Å². The van der Waals surface area contributed by atoms with Gasteiger partial charge in [-0.15, -0.1) is 0 Å². The molecule has 0 aliphatic rings. The Balaban J connectivity index is 1.77. The molecular formula is C11H11BrN4O2. The van der Waals surface area contributed by atoms with Gasteiger partial charge in [0, 0.05) is 4.47 Å². The van der Waals surface area contributed by atoms with Crippen molar-refractivity contribution >= 4 is 27.5 Å². The number of nitrogens with zero attached hydrogens (tertiary/aromatic N) is 2. The van der Waals surface area contributed by atoms with Gasteiger partial charge in [0.25, 0.3) is 0 Å². The number of benzene rings is 1. The van der Waals surface area contributed by atoms with Crippen molar-refractivity contribution in [1.29, 1.82) is 0 Å². The third-order valence-electron chi connectivity index (χ3n) is 2.12. The van der Waals surface area contributed by atoms with E-state index in [-0.39, 0.29) is 12.5 Å². The molecule has 0 saturated carbocycles. The maximum absolute atomic E-state index is 11.6. The van der Waals surface area contributed by atoms with E-state index in [9.17, 15) is 4.79 Å². The summed E-state index contributed by atoms with van der Waals surface area (Å²) >= 11 is 3.36. The van der Waals surface area contributed by atoms with Gasteiger partial charge in [-0.25, -0.2) is 0 Å². The number of hydrogen-bond donors (Lipinski definition) is 2. The number of para-hydroxylation sites is 1. The molecule has 0 fully saturated rings. The van der Waals surface area contributed by atoms with E-state index in [4.69, 9.17) is 0 Å². The SMILES string of the molecule is O=C(CNCc1ncon1)Nc1ccccc1Br. The quantitative estimate of drug-likeness (QED) is 0.876. The minimum atomic E-state index is -0.134. The van der Waals surface area contributed by atoms with Crippen LogP contribution in [-0.4, -0.2) is 22.6 Å². The summed E-state index contributed by atoms with van der Waals surface area (Å²) in [7, 11) is 0. The molecule has 0 aliphatic carbocycles. The van der Waals surface area contributed by atoms with Gasteiger partial charge < -0.3 is 15.2 Å². The number of carbonyl (C=O) groups excluding carboxylic acids is 1. The number of halogens is 1. The lowest BCUT2D eigenvalue weighted by atomic mass is 10.3. The number of rotatable bonds is 5. The molecule has 1 aromatic carbocycles. The van der Waals surface area contributed by atoms with Crippen molar-refractivity contribution in [3.63, 3.8) is 0 Å². The molecule has 2 aromatic rings. The molecule has 1 amide bonds. The number of nitrogens with one attached hydrogen (secondary N) is 2. The van der Waals surface area contributed by atoms with Gasteiger partial charge in [0.1, 0.15) is 0 Å². The van der Waals surface area contributed by atoms with E-state index in [1.165, 1.54) is 6.39 Å². The lowest BCUT2D eigenvalue weighted by molar-refractivity contribution is -0.115. The zero-order valence-electron chi connectivity index (χ0n) is 9.39. The fourth-order valence-electron chi connectivity index (χ4n) is 1.32. The Morgan fingerprint density at radius 2 is 2.22 bits per heavy atom. The average molecular weight is 311 g/mol. The maximum Gasteiger partial charge on any atom is 0.238 e. The highest BCUT2D eigenvalue weighted by Crippen LogP contribution is 2.20. The number of hydrogen-bond acceptors (Lipinski definition) is 5. The highest BCUT2D eigenvalue weighted by molar-refractivity contribution is 9.10. The van der Waals surface area contributed by atoms with Crippen molar-refractivity contribution in [2.24, 2.45) is 0 Å². The van der Waals surface area contributed by atoms with E-state index in [1.807, 2.05) is 24.3 Å². The topological polar surface area (TPSA) is 80.1 Å². The van der Waals surface area contributed by atoms with Gasteiger partial charge in [-0.2, -0.15) is 4.98 Å². The Labute approximate surface area is 112 Å². The van der Waals surface area contributed by atoms with Gasteiger partial charge in [-0.05, 0) is 28.1 Å². The second-order valence-corrected chi connectivity index (χ2v) is 4.33. The second kappa shape index (κ2) is 6.27. The predicted octanol–water partition coefficient (Wildman–Crippen LogP) is 1.56. The maximum atomic E-state index is 11.6. The Kier molecular flexibility index (Phi) is 4.43. The van der Waals surface area contributed by atoms with Gasteiger partial charge >= 0.3 is 0 Å². The summed E-state index contributed by atoms with van der Waals surface area (Å²) in [6, 6.07) is 7.42. The summed E-state index contributed by atoms with van der Waals surface area (Å²) in [6.07, 6.45) is 1.25. The Hall–Kier alpha value is -1.73. The molecule has 2 N–H and O–H groups in total. The molecular weight excluding hydrogens is 300 g/mol. The normalized spacial score (nSPS) is 10.3. The number of anilines is 1. The minimum Gasteiger partial charge on any atom is -0.343 e. The van der Waals surface area contributed by atoms with E-state index < -0.39 is 0 Å². The Morgan fingerprint density at radius 1 is 1.39 bits per heavy atom. The summed E-state index contributed by atoms with van der Waals surface area (Å²) in [6.45, 7) is 0.565. The molecule has 0 radical (unpaired) electrons. The monoisotopic (exact) mass is 310 g/mol. The molecule has 2 rings (SSSR count). The van der Waals surface area contributed by atoms with Crippen molar-refractivity contribution in [2.45, 2.75) is 6.54 Å².